The van der Waals surface area contributed by atoms with Gasteiger partial charge in [0, 0.05) is 5.38 Å². The van der Waals surface area contributed by atoms with Gasteiger partial charge in [0.05, 0.1) is 6.20 Å². The van der Waals surface area contributed by atoms with Crippen LogP contribution >= 0.6 is 11.3 Å². The van der Waals surface area contributed by atoms with Crippen LogP contribution in [0, 0.1) is 0 Å². The Kier molecular flexibility index (Phi) is 1.19. The quantitative estimate of drug-likeness (QED) is 0.693. The van der Waals surface area contributed by atoms with E-state index in [1.54, 1.807) is 17.6 Å². The van der Waals surface area contributed by atoms with Crippen LogP contribution in [-0.2, 0) is 0 Å². The molecule has 0 unspecified atom stereocenters. The fourth-order valence-corrected chi connectivity index (χ4v) is 1.69. The first-order chi connectivity index (χ1) is 5.29. The Morgan fingerprint density at radius 2 is 2.55 bits per heavy atom. The van der Waals surface area contributed by atoms with Gasteiger partial charge in [-0.15, -0.1) is 11.3 Å². The molecule has 0 aliphatic heterocycles. The highest BCUT2D eigenvalue weighted by molar-refractivity contribution is 7.15. The fourth-order valence-electron chi connectivity index (χ4n) is 0.869. The molecular weight excluding hydrogens is 164 g/mol. The number of rotatable bonds is 1. The van der Waals surface area contributed by atoms with Crippen molar-refractivity contribution in [1.82, 2.24) is 9.61 Å². The molecule has 0 amide bonds. The maximum absolute atomic E-state index is 10.5. The summed E-state index contributed by atoms with van der Waals surface area (Å²) in [4.78, 5) is 11.4. The molecule has 0 radical (unpaired) electrons. The highest BCUT2D eigenvalue weighted by Crippen LogP contribution is 2.14. The van der Waals surface area contributed by atoms with Gasteiger partial charge < -0.3 is 5.11 Å². The molecule has 56 valence electrons. The predicted molar refractivity (Wildman–Crippen MR) is 40.0 cm³/mol. The SMILES string of the molecule is O=C(O)c1csc2ccnn12. The number of nitrogens with zero attached hydrogens (tertiary/aromatic N) is 2. The van der Waals surface area contributed by atoms with Gasteiger partial charge in [0.15, 0.2) is 5.69 Å². The van der Waals surface area contributed by atoms with Crippen molar-refractivity contribution in [2.45, 2.75) is 0 Å². The van der Waals surface area contributed by atoms with Gasteiger partial charge in [-0.05, 0) is 6.07 Å². The lowest BCUT2D eigenvalue weighted by Crippen LogP contribution is -2.01. The molecule has 2 aromatic heterocycles. The Morgan fingerprint density at radius 1 is 1.73 bits per heavy atom. The monoisotopic (exact) mass is 168 g/mol. The minimum absolute atomic E-state index is 0.218. The number of aromatic nitrogens is 2. The number of carbonyl (C=O) groups is 1. The van der Waals surface area contributed by atoms with Crippen LogP contribution in [-0.4, -0.2) is 20.7 Å². The standard InChI is InChI=1S/C6H4N2O2S/c9-6(10)4-3-11-5-1-2-7-8(4)5/h1-3H,(H,9,10). The molecular formula is C6H4N2O2S. The number of hydrogen-bond donors (Lipinski definition) is 1. The number of carboxylic acids is 1. The van der Waals surface area contributed by atoms with Crippen LogP contribution in [0.3, 0.4) is 0 Å². The van der Waals surface area contributed by atoms with Crippen molar-refractivity contribution in [1.29, 1.82) is 0 Å². The average molecular weight is 168 g/mol. The third-order valence-electron chi connectivity index (χ3n) is 1.35. The molecule has 11 heavy (non-hydrogen) atoms. The van der Waals surface area contributed by atoms with Gasteiger partial charge in [-0.3, -0.25) is 0 Å². The molecule has 2 aromatic rings. The maximum Gasteiger partial charge on any atom is 0.355 e. The first kappa shape index (κ1) is 6.36. The van der Waals surface area contributed by atoms with Gasteiger partial charge >= 0.3 is 5.97 Å². The minimum Gasteiger partial charge on any atom is -0.476 e. The largest absolute Gasteiger partial charge is 0.476 e. The molecule has 0 fully saturated rings. The van der Waals surface area contributed by atoms with Crippen LogP contribution in [0.4, 0.5) is 0 Å². The highest BCUT2D eigenvalue weighted by Gasteiger charge is 2.09. The second-order valence-electron chi connectivity index (χ2n) is 2.01. The van der Waals surface area contributed by atoms with E-state index in [1.165, 1.54) is 15.9 Å². The summed E-state index contributed by atoms with van der Waals surface area (Å²) in [6.07, 6.45) is 1.58. The van der Waals surface area contributed by atoms with E-state index in [1.807, 2.05) is 0 Å². The van der Waals surface area contributed by atoms with Crippen LogP contribution in [0.2, 0.25) is 0 Å². The third kappa shape index (κ3) is 0.813. The molecule has 0 aromatic carbocycles. The summed E-state index contributed by atoms with van der Waals surface area (Å²) < 4.78 is 1.41. The fraction of sp³-hybridized carbons (Fsp3) is 0. The second-order valence-corrected chi connectivity index (χ2v) is 2.90. The number of thiazole rings is 1. The van der Waals surface area contributed by atoms with Crippen molar-refractivity contribution in [3.05, 3.63) is 23.3 Å². The molecule has 0 saturated heterocycles. The van der Waals surface area contributed by atoms with Crippen LogP contribution < -0.4 is 0 Å². The van der Waals surface area contributed by atoms with Crippen molar-refractivity contribution in [3.8, 4) is 0 Å². The van der Waals surface area contributed by atoms with Crippen molar-refractivity contribution in [3.63, 3.8) is 0 Å². The molecule has 0 bridgehead atoms. The molecule has 0 aliphatic carbocycles. The van der Waals surface area contributed by atoms with Crippen LogP contribution in [0.1, 0.15) is 10.5 Å². The first-order valence-electron chi connectivity index (χ1n) is 2.93. The molecule has 0 aliphatic rings. The summed E-state index contributed by atoms with van der Waals surface area (Å²) in [7, 11) is 0. The van der Waals surface area contributed by atoms with E-state index in [2.05, 4.69) is 5.10 Å². The summed E-state index contributed by atoms with van der Waals surface area (Å²) in [5, 5.41) is 14.1. The molecule has 4 nitrogen and oxygen atoms in total. The van der Waals surface area contributed by atoms with Crippen molar-refractivity contribution < 1.29 is 9.90 Å². The van der Waals surface area contributed by atoms with Crippen molar-refractivity contribution >= 4 is 22.1 Å². The number of carboxylic acid groups (broad SMARTS) is 1. The van der Waals surface area contributed by atoms with E-state index in [-0.39, 0.29) is 5.69 Å². The zero-order valence-corrected chi connectivity index (χ0v) is 6.21. The second kappa shape index (κ2) is 2.06. The Balaban J connectivity index is 2.78. The van der Waals surface area contributed by atoms with Gasteiger partial charge in [0.25, 0.3) is 0 Å². The highest BCUT2D eigenvalue weighted by atomic mass is 32.1. The van der Waals surface area contributed by atoms with E-state index in [4.69, 9.17) is 5.11 Å². The number of hydrogen-bond acceptors (Lipinski definition) is 3. The van der Waals surface area contributed by atoms with E-state index >= 15 is 0 Å². The third-order valence-corrected chi connectivity index (χ3v) is 2.24. The molecule has 1 N–H and O–H groups in total. The zero-order chi connectivity index (χ0) is 7.84. The Bertz CT molecular complexity index is 403. The summed E-state index contributed by atoms with van der Waals surface area (Å²) in [6.45, 7) is 0. The normalized spacial score (nSPS) is 10.5. The van der Waals surface area contributed by atoms with E-state index in [9.17, 15) is 4.79 Å². The summed E-state index contributed by atoms with van der Waals surface area (Å²) >= 11 is 1.37. The summed E-state index contributed by atoms with van der Waals surface area (Å²) in [6, 6.07) is 1.77. The van der Waals surface area contributed by atoms with Crippen LogP contribution in [0.5, 0.6) is 0 Å². The lowest BCUT2D eigenvalue weighted by molar-refractivity contribution is 0.0688. The van der Waals surface area contributed by atoms with Gasteiger partial charge in [0.1, 0.15) is 4.83 Å². The topological polar surface area (TPSA) is 54.6 Å². The lowest BCUT2D eigenvalue weighted by Gasteiger charge is -1.86. The van der Waals surface area contributed by atoms with Crippen LogP contribution in [0.25, 0.3) is 4.83 Å². The van der Waals surface area contributed by atoms with Gasteiger partial charge in [-0.1, -0.05) is 0 Å². The lowest BCUT2D eigenvalue weighted by atomic mass is 10.5. The van der Waals surface area contributed by atoms with Crippen molar-refractivity contribution in [2.75, 3.05) is 0 Å². The van der Waals surface area contributed by atoms with E-state index in [0.29, 0.717) is 0 Å². The maximum atomic E-state index is 10.5. The molecule has 0 atom stereocenters. The number of fused-ring (bicyclic) bond motifs is 1. The van der Waals surface area contributed by atoms with Gasteiger partial charge in [-0.25, -0.2) is 9.31 Å². The summed E-state index contributed by atoms with van der Waals surface area (Å²) in [5.41, 5.74) is 0.218. The molecule has 2 heterocycles. The zero-order valence-electron chi connectivity index (χ0n) is 5.39. The smallest absolute Gasteiger partial charge is 0.355 e. The molecule has 0 saturated carbocycles. The molecule has 2 rings (SSSR count). The minimum atomic E-state index is -0.944. The van der Waals surface area contributed by atoms with Gasteiger partial charge in [-0.2, -0.15) is 5.10 Å². The average Bonchev–Trinajstić information content (AvgIpc) is 2.41. The Labute approximate surface area is 65.7 Å². The molecule has 0 spiro atoms. The predicted octanol–water partition coefficient (Wildman–Crippen LogP) is 1.09. The van der Waals surface area contributed by atoms with E-state index < -0.39 is 5.97 Å². The molecule has 5 heteroatoms. The van der Waals surface area contributed by atoms with Crippen molar-refractivity contribution in [2.24, 2.45) is 0 Å². The van der Waals surface area contributed by atoms with E-state index in [0.717, 1.165) is 4.83 Å². The Hall–Kier alpha value is -1.36. The van der Waals surface area contributed by atoms with Gasteiger partial charge in [0.2, 0.25) is 0 Å². The number of aromatic carboxylic acids is 1. The van der Waals surface area contributed by atoms with Crippen LogP contribution in [0.15, 0.2) is 17.6 Å². The summed E-state index contributed by atoms with van der Waals surface area (Å²) in [5.74, 6) is -0.944. The first-order valence-corrected chi connectivity index (χ1v) is 3.81. The Morgan fingerprint density at radius 3 is 3.27 bits per heavy atom.